The van der Waals surface area contributed by atoms with E-state index in [0.717, 1.165) is 12.8 Å². The molecule has 25 heteroatoms. The van der Waals surface area contributed by atoms with Crippen molar-refractivity contribution >= 4 is 5.91 Å². The Morgan fingerprint density at radius 2 is 1.26 bits per heavy atom. The summed E-state index contributed by atoms with van der Waals surface area (Å²) in [5.41, 5.74) is 35.2. The highest BCUT2D eigenvalue weighted by Crippen LogP contribution is 2.35. The van der Waals surface area contributed by atoms with Crippen LogP contribution in [0.1, 0.15) is 19.3 Å². The Hall–Kier alpha value is -1.51. The number of aliphatic hydroxyl groups excluding tert-OH is 8. The molecule has 57 heavy (non-hydrogen) atoms. The molecule has 3 saturated heterocycles. The van der Waals surface area contributed by atoms with Crippen molar-refractivity contribution in [2.24, 2.45) is 40.3 Å². The first-order valence-corrected chi connectivity index (χ1v) is 18.9. The third-order valence-electron chi connectivity index (χ3n) is 11.4. The van der Waals surface area contributed by atoms with Gasteiger partial charge in [-0.3, -0.25) is 4.79 Å². The predicted molar refractivity (Wildman–Crippen MR) is 187 cm³/mol. The fourth-order valence-corrected chi connectivity index (χ4v) is 7.77. The zero-order chi connectivity index (χ0) is 42.1. The number of halogens is 2. The standard InChI is InChI=1S/C32H60F2N8O15/c33-32(34,8-36)27(50)28(51)42-12-3-11(38)24(55-30-17(40)22(48)20(46)14(53-30)6-41-5-9-1-10(37)2-9)26(18(12)44)57-31-23(49)25(15(7-43)54-31)56-29-16(39)21(47)19(45)13(4-35)52-29/h9-27,29-31,41,43-50H,1-8,35-40H2,(H,42,51)/t9?,10?,11-,12+,13-,14+,15+,16+,17+,18-,19+,20+,21+,22+,23+,24+,25+,26+,27?,29+,30+,31-/m0/s1. The number of hydrogen-bond donors (Lipinski definition) is 16. The quantitative estimate of drug-likeness (QED) is 0.0686. The Kier molecular flexibility index (Phi) is 15.9. The van der Waals surface area contributed by atoms with E-state index in [1.54, 1.807) is 0 Å². The Bertz CT molecular complexity index is 1300. The van der Waals surface area contributed by atoms with Gasteiger partial charge in [-0.05, 0) is 31.7 Å². The molecular formula is C32H60F2N8O15. The van der Waals surface area contributed by atoms with Crippen LogP contribution in [0.4, 0.5) is 8.78 Å². The molecule has 0 bridgehead atoms. The number of carbonyl (C=O) groups is 1. The summed E-state index contributed by atoms with van der Waals surface area (Å²) >= 11 is 0. The van der Waals surface area contributed by atoms with E-state index in [1.807, 2.05) is 0 Å². The fourth-order valence-electron chi connectivity index (χ4n) is 7.77. The molecule has 20 atom stereocenters. The minimum absolute atomic E-state index is 0.0576. The molecule has 5 aliphatic rings. The largest absolute Gasteiger partial charge is 0.394 e. The molecule has 0 aromatic heterocycles. The molecule has 0 aromatic rings. The average Bonchev–Trinajstić information content (AvgIpc) is 3.47. The van der Waals surface area contributed by atoms with E-state index in [-0.39, 0.29) is 25.6 Å². The topological polar surface area (TPSA) is 414 Å². The zero-order valence-corrected chi connectivity index (χ0v) is 31.0. The lowest BCUT2D eigenvalue weighted by Crippen LogP contribution is -2.69. The summed E-state index contributed by atoms with van der Waals surface area (Å²) in [5, 5.41) is 90.8. The molecule has 1 amide bonds. The van der Waals surface area contributed by atoms with Gasteiger partial charge in [-0.15, -0.1) is 0 Å². The number of aliphatic hydroxyl groups is 8. The third kappa shape index (κ3) is 10.2. The van der Waals surface area contributed by atoms with Gasteiger partial charge >= 0.3 is 0 Å². The number of nitrogens with one attached hydrogen (secondary N) is 2. The monoisotopic (exact) mass is 834 g/mol. The van der Waals surface area contributed by atoms with Gasteiger partial charge < -0.3 is 114 Å². The molecule has 3 heterocycles. The first-order chi connectivity index (χ1) is 26.8. The highest BCUT2D eigenvalue weighted by atomic mass is 19.3. The number of alkyl halides is 2. The Morgan fingerprint density at radius 3 is 1.82 bits per heavy atom. The van der Waals surface area contributed by atoms with Gasteiger partial charge in [-0.1, -0.05) is 0 Å². The maximum Gasteiger partial charge on any atom is 0.294 e. The van der Waals surface area contributed by atoms with Crippen LogP contribution in [0.5, 0.6) is 0 Å². The van der Waals surface area contributed by atoms with Crippen molar-refractivity contribution in [3.63, 3.8) is 0 Å². The number of carbonyl (C=O) groups excluding carboxylic acids is 1. The van der Waals surface area contributed by atoms with Crippen LogP contribution >= 0.6 is 0 Å². The van der Waals surface area contributed by atoms with Crippen LogP contribution in [-0.2, 0) is 33.2 Å². The highest BCUT2D eigenvalue weighted by Gasteiger charge is 2.55. The molecule has 5 fully saturated rings. The maximum atomic E-state index is 14.1. The molecule has 1 unspecified atom stereocenters. The summed E-state index contributed by atoms with van der Waals surface area (Å²) in [6.45, 7) is -1.80. The van der Waals surface area contributed by atoms with Crippen LogP contribution in [-0.4, -0.2) is 214 Å². The van der Waals surface area contributed by atoms with E-state index < -0.39 is 147 Å². The van der Waals surface area contributed by atoms with Gasteiger partial charge in [-0.25, -0.2) is 8.78 Å². The number of ether oxygens (including phenoxy) is 6. The molecule has 0 aromatic carbocycles. The van der Waals surface area contributed by atoms with Crippen LogP contribution in [0.3, 0.4) is 0 Å². The molecule has 23 nitrogen and oxygen atoms in total. The number of amides is 1. The van der Waals surface area contributed by atoms with Crippen molar-refractivity contribution in [3.05, 3.63) is 0 Å². The SMILES string of the molecule is NC[C@@H]1O[C@H](O[C@H]2[C@@H](O)[C@H](O[C@@H]3[C@@H](O)[C@H](NC(=O)C(O)C(F)(F)CN)C[C@H](N)[C@H]3O[C@H]3O[C@H](CNCC4CC(N)C4)[C@@H](O)[C@H](O)[C@H]3N)O[C@@H]2CO)[C@H](N)[C@@H](O)[C@@H]1O. The van der Waals surface area contributed by atoms with Gasteiger partial charge in [0.25, 0.3) is 11.8 Å². The molecular weight excluding hydrogens is 774 g/mol. The summed E-state index contributed by atoms with van der Waals surface area (Å²) in [6, 6.07) is -5.40. The number of rotatable bonds is 16. The van der Waals surface area contributed by atoms with Crippen molar-refractivity contribution in [3.8, 4) is 0 Å². The Morgan fingerprint density at radius 1 is 0.719 bits per heavy atom. The van der Waals surface area contributed by atoms with Gasteiger partial charge in [0.15, 0.2) is 25.0 Å². The zero-order valence-electron chi connectivity index (χ0n) is 31.0. The Balaban J connectivity index is 1.35. The lowest BCUT2D eigenvalue weighted by atomic mass is 9.81. The van der Waals surface area contributed by atoms with Crippen LogP contribution in [0, 0.1) is 5.92 Å². The summed E-state index contributed by atoms with van der Waals surface area (Å²) in [7, 11) is 0. The molecule has 2 aliphatic carbocycles. The summed E-state index contributed by atoms with van der Waals surface area (Å²) in [4.78, 5) is 12.7. The van der Waals surface area contributed by atoms with Crippen LogP contribution in [0.2, 0.25) is 0 Å². The van der Waals surface area contributed by atoms with Crippen molar-refractivity contribution < 1.29 is 82.8 Å². The molecule has 5 rings (SSSR count). The van der Waals surface area contributed by atoms with Gasteiger partial charge in [0, 0.05) is 25.2 Å². The first-order valence-electron chi connectivity index (χ1n) is 18.9. The normalized spacial score (nSPS) is 47.3. The van der Waals surface area contributed by atoms with E-state index in [0.29, 0.717) is 12.5 Å². The van der Waals surface area contributed by atoms with Gasteiger partial charge in [0.1, 0.15) is 73.2 Å². The van der Waals surface area contributed by atoms with Gasteiger partial charge in [0.2, 0.25) is 0 Å². The van der Waals surface area contributed by atoms with Gasteiger partial charge in [0.05, 0.1) is 31.3 Å². The second kappa shape index (κ2) is 19.5. The van der Waals surface area contributed by atoms with E-state index in [4.69, 9.17) is 62.8 Å². The first kappa shape index (κ1) is 46.6. The third-order valence-corrected chi connectivity index (χ3v) is 11.4. The highest BCUT2D eigenvalue weighted by molar-refractivity contribution is 5.82. The number of nitrogens with two attached hydrogens (primary N) is 6. The minimum Gasteiger partial charge on any atom is -0.394 e. The van der Waals surface area contributed by atoms with E-state index in [1.165, 1.54) is 0 Å². The van der Waals surface area contributed by atoms with Crippen LogP contribution < -0.4 is 45.0 Å². The lowest BCUT2D eigenvalue weighted by molar-refractivity contribution is -0.308. The molecule has 332 valence electrons. The fraction of sp³-hybridized carbons (Fsp3) is 0.969. The van der Waals surface area contributed by atoms with E-state index in [9.17, 15) is 54.4 Å². The predicted octanol–water partition coefficient (Wildman–Crippen LogP) is -9.41. The molecule has 0 spiro atoms. The summed E-state index contributed by atoms with van der Waals surface area (Å²) in [5.74, 6) is -5.33. The van der Waals surface area contributed by atoms with E-state index in [2.05, 4.69) is 10.6 Å². The summed E-state index contributed by atoms with van der Waals surface area (Å²) < 4.78 is 63.6. The number of hydrogen-bond acceptors (Lipinski definition) is 22. The molecule has 22 N–H and O–H groups in total. The van der Waals surface area contributed by atoms with Crippen molar-refractivity contribution in [2.45, 2.75) is 154 Å². The smallest absolute Gasteiger partial charge is 0.294 e. The minimum atomic E-state index is -4.04. The second-order valence-electron chi connectivity index (χ2n) is 15.6. The molecule has 0 radical (unpaired) electrons. The molecule has 3 aliphatic heterocycles. The van der Waals surface area contributed by atoms with Crippen LogP contribution in [0.15, 0.2) is 0 Å². The summed E-state index contributed by atoms with van der Waals surface area (Å²) in [6.07, 6.45) is -24.6. The van der Waals surface area contributed by atoms with Gasteiger partial charge in [-0.2, -0.15) is 0 Å². The molecule has 2 saturated carbocycles. The van der Waals surface area contributed by atoms with Crippen molar-refractivity contribution in [1.29, 1.82) is 0 Å². The maximum absolute atomic E-state index is 14.1. The Labute approximate surface area is 326 Å². The van der Waals surface area contributed by atoms with Crippen LogP contribution in [0.25, 0.3) is 0 Å². The van der Waals surface area contributed by atoms with E-state index >= 15 is 0 Å². The lowest BCUT2D eigenvalue weighted by Gasteiger charge is -2.48. The second-order valence-corrected chi connectivity index (χ2v) is 15.6. The van der Waals surface area contributed by atoms with Crippen molar-refractivity contribution in [1.82, 2.24) is 10.6 Å². The van der Waals surface area contributed by atoms with Crippen molar-refractivity contribution in [2.75, 3.05) is 32.8 Å². The average molecular weight is 835 g/mol.